The van der Waals surface area contributed by atoms with E-state index >= 15 is 0 Å². The maximum absolute atomic E-state index is 6.18. The zero-order chi connectivity index (χ0) is 14.0. The second-order valence-corrected chi connectivity index (χ2v) is 5.33. The molecule has 19 heavy (non-hydrogen) atoms. The van der Waals surface area contributed by atoms with Crippen LogP contribution in [0, 0.1) is 6.92 Å². The summed E-state index contributed by atoms with van der Waals surface area (Å²) in [6.07, 6.45) is 0. The first-order valence-corrected chi connectivity index (χ1v) is 6.72. The fourth-order valence-electron chi connectivity index (χ4n) is 1.69. The van der Waals surface area contributed by atoms with Gasteiger partial charge in [0.25, 0.3) is 0 Å². The van der Waals surface area contributed by atoms with E-state index in [4.69, 9.17) is 33.7 Å². The molecule has 1 atom stereocenters. The molecule has 0 aliphatic carbocycles. The molecule has 0 saturated carbocycles. The van der Waals surface area contributed by atoms with E-state index in [9.17, 15) is 0 Å². The minimum atomic E-state index is -0.0606. The SMILES string of the molecule is Cc1ccc(Oc2ccc([C@@H](C)N)cc2Cl)c(Cl)c1. The third kappa shape index (κ3) is 3.41. The van der Waals surface area contributed by atoms with Gasteiger partial charge in [0.1, 0.15) is 11.5 Å². The minimum absolute atomic E-state index is 0.0606. The van der Waals surface area contributed by atoms with Crippen molar-refractivity contribution in [3.63, 3.8) is 0 Å². The van der Waals surface area contributed by atoms with Crippen molar-refractivity contribution < 1.29 is 4.74 Å². The molecule has 2 aromatic rings. The van der Waals surface area contributed by atoms with Crippen LogP contribution < -0.4 is 10.5 Å². The molecule has 2 N–H and O–H groups in total. The van der Waals surface area contributed by atoms with Gasteiger partial charge < -0.3 is 10.5 Å². The Morgan fingerprint density at radius 3 is 2.11 bits per heavy atom. The summed E-state index contributed by atoms with van der Waals surface area (Å²) in [7, 11) is 0. The molecule has 2 rings (SSSR count). The van der Waals surface area contributed by atoms with E-state index in [2.05, 4.69) is 0 Å². The highest BCUT2D eigenvalue weighted by Crippen LogP contribution is 2.35. The molecule has 0 aromatic heterocycles. The smallest absolute Gasteiger partial charge is 0.146 e. The number of hydrogen-bond acceptors (Lipinski definition) is 2. The normalized spacial score (nSPS) is 12.3. The molecule has 0 amide bonds. The van der Waals surface area contributed by atoms with E-state index < -0.39 is 0 Å². The lowest BCUT2D eigenvalue weighted by atomic mass is 10.1. The van der Waals surface area contributed by atoms with Crippen LogP contribution in [0.25, 0.3) is 0 Å². The van der Waals surface area contributed by atoms with Gasteiger partial charge in [0.2, 0.25) is 0 Å². The molecule has 100 valence electrons. The molecule has 0 bridgehead atoms. The third-order valence-corrected chi connectivity index (χ3v) is 3.38. The van der Waals surface area contributed by atoms with Gasteiger partial charge in [0.15, 0.2) is 0 Å². The molecule has 0 radical (unpaired) electrons. The standard InChI is InChI=1S/C15H15Cl2NO/c1-9-3-5-14(12(16)7-9)19-15-6-4-11(10(2)18)8-13(15)17/h3-8,10H,18H2,1-2H3/t10-/m1/s1. The number of rotatable bonds is 3. The van der Waals surface area contributed by atoms with E-state index in [1.165, 1.54) is 0 Å². The first kappa shape index (κ1) is 14.2. The van der Waals surface area contributed by atoms with E-state index in [-0.39, 0.29) is 6.04 Å². The molecular formula is C15H15Cl2NO. The minimum Gasteiger partial charge on any atom is -0.454 e. The highest BCUT2D eigenvalue weighted by molar-refractivity contribution is 6.33. The topological polar surface area (TPSA) is 35.2 Å². The molecular weight excluding hydrogens is 281 g/mol. The summed E-state index contributed by atoms with van der Waals surface area (Å²) in [5, 5.41) is 1.08. The molecule has 0 spiro atoms. The van der Waals surface area contributed by atoms with E-state index in [0.717, 1.165) is 11.1 Å². The second-order valence-electron chi connectivity index (χ2n) is 4.51. The summed E-state index contributed by atoms with van der Waals surface area (Å²) in [5.41, 5.74) is 7.85. The number of aryl methyl sites for hydroxylation is 1. The summed E-state index contributed by atoms with van der Waals surface area (Å²) in [4.78, 5) is 0. The van der Waals surface area contributed by atoms with Gasteiger partial charge in [-0.3, -0.25) is 0 Å². The van der Waals surface area contributed by atoms with Crippen molar-refractivity contribution in [3.8, 4) is 11.5 Å². The van der Waals surface area contributed by atoms with Gasteiger partial charge in [0, 0.05) is 6.04 Å². The number of benzene rings is 2. The fourth-order valence-corrected chi connectivity index (χ4v) is 2.19. The van der Waals surface area contributed by atoms with Crippen LogP contribution in [0.2, 0.25) is 10.0 Å². The van der Waals surface area contributed by atoms with Crippen LogP contribution >= 0.6 is 23.2 Å². The van der Waals surface area contributed by atoms with Crippen LogP contribution in [0.5, 0.6) is 11.5 Å². The number of hydrogen-bond donors (Lipinski definition) is 1. The van der Waals surface area contributed by atoms with Gasteiger partial charge in [-0.05, 0) is 49.2 Å². The number of halogens is 2. The van der Waals surface area contributed by atoms with Crippen molar-refractivity contribution in [2.45, 2.75) is 19.9 Å². The maximum atomic E-state index is 6.18. The Bertz CT molecular complexity index is 597. The fraction of sp³-hybridized carbons (Fsp3) is 0.200. The summed E-state index contributed by atoms with van der Waals surface area (Å²) < 4.78 is 5.72. The Balaban J connectivity index is 2.28. The second kappa shape index (κ2) is 5.83. The molecule has 2 aromatic carbocycles. The summed E-state index contributed by atoms with van der Waals surface area (Å²) in [6.45, 7) is 3.88. The number of ether oxygens (including phenoxy) is 1. The van der Waals surface area contributed by atoms with Crippen LogP contribution in [0.1, 0.15) is 24.1 Å². The van der Waals surface area contributed by atoms with E-state index in [1.54, 1.807) is 6.07 Å². The zero-order valence-corrected chi connectivity index (χ0v) is 12.3. The zero-order valence-electron chi connectivity index (χ0n) is 10.8. The van der Waals surface area contributed by atoms with Crippen molar-refractivity contribution in [2.75, 3.05) is 0 Å². The highest BCUT2D eigenvalue weighted by Gasteiger charge is 2.09. The molecule has 0 fully saturated rings. The van der Waals surface area contributed by atoms with Gasteiger partial charge in [-0.2, -0.15) is 0 Å². The molecule has 0 saturated heterocycles. The van der Waals surface area contributed by atoms with Crippen LogP contribution in [-0.4, -0.2) is 0 Å². The lowest BCUT2D eigenvalue weighted by molar-refractivity contribution is 0.482. The van der Waals surface area contributed by atoms with Crippen molar-refractivity contribution in [1.82, 2.24) is 0 Å². The monoisotopic (exact) mass is 295 g/mol. The largest absolute Gasteiger partial charge is 0.454 e. The molecule has 0 heterocycles. The Labute approximate surface area is 123 Å². The summed E-state index contributed by atoms with van der Waals surface area (Å²) in [6, 6.07) is 11.1. The van der Waals surface area contributed by atoms with Crippen LogP contribution in [0.4, 0.5) is 0 Å². The van der Waals surface area contributed by atoms with Crippen molar-refractivity contribution in [1.29, 1.82) is 0 Å². The Morgan fingerprint density at radius 1 is 1.00 bits per heavy atom. The van der Waals surface area contributed by atoms with Crippen molar-refractivity contribution in [2.24, 2.45) is 5.73 Å². The Hall–Kier alpha value is -1.22. The lowest BCUT2D eigenvalue weighted by Crippen LogP contribution is -2.04. The predicted octanol–water partition coefficient (Wildman–Crippen LogP) is 5.11. The van der Waals surface area contributed by atoms with Crippen molar-refractivity contribution >= 4 is 23.2 Å². The average molecular weight is 296 g/mol. The van der Waals surface area contributed by atoms with Crippen LogP contribution in [0.3, 0.4) is 0 Å². The van der Waals surface area contributed by atoms with Gasteiger partial charge >= 0.3 is 0 Å². The average Bonchev–Trinajstić information content (AvgIpc) is 2.34. The van der Waals surface area contributed by atoms with Crippen molar-refractivity contribution in [3.05, 3.63) is 57.6 Å². The van der Waals surface area contributed by atoms with Crippen LogP contribution in [-0.2, 0) is 0 Å². The lowest BCUT2D eigenvalue weighted by Gasteiger charge is -2.12. The molecule has 0 aliphatic rings. The molecule has 4 heteroatoms. The molecule has 0 unspecified atom stereocenters. The van der Waals surface area contributed by atoms with E-state index in [1.807, 2.05) is 44.2 Å². The van der Waals surface area contributed by atoms with Gasteiger partial charge in [-0.1, -0.05) is 35.3 Å². The third-order valence-electron chi connectivity index (χ3n) is 2.79. The maximum Gasteiger partial charge on any atom is 0.146 e. The first-order chi connectivity index (χ1) is 8.97. The molecule has 0 aliphatic heterocycles. The van der Waals surface area contributed by atoms with E-state index in [0.29, 0.717) is 21.5 Å². The first-order valence-electron chi connectivity index (χ1n) is 5.96. The predicted molar refractivity (Wildman–Crippen MR) is 80.3 cm³/mol. The molecule has 2 nitrogen and oxygen atoms in total. The van der Waals surface area contributed by atoms with Crippen LogP contribution in [0.15, 0.2) is 36.4 Å². The van der Waals surface area contributed by atoms with Gasteiger partial charge in [0.05, 0.1) is 10.0 Å². The Morgan fingerprint density at radius 2 is 1.58 bits per heavy atom. The number of nitrogens with two attached hydrogens (primary N) is 1. The summed E-state index contributed by atoms with van der Waals surface area (Å²) >= 11 is 12.3. The Kier molecular flexibility index (Phi) is 4.35. The summed E-state index contributed by atoms with van der Waals surface area (Å²) in [5.74, 6) is 1.15. The van der Waals surface area contributed by atoms with Gasteiger partial charge in [-0.25, -0.2) is 0 Å². The quantitative estimate of drug-likeness (QED) is 0.853. The van der Waals surface area contributed by atoms with Gasteiger partial charge in [-0.15, -0.1) is 0 Å². The highest BCUT2D eigenvalue weighted by atomic mass is 35.5.